The van der Waals surface area contributed by atoms with E-state index in [4.69, 9.17) is 5.11 Å². The third-order valence-corrected chi connectivity index (χ3v) is 4.11. The normalized spacial score (nSPS) is 15.8. The topological polar surface area (TPSA) is 72.9 Å². The third kappa shape index (κ3) is 4.71. The molecule has 1 aromatic rings. The predicted molar refractivity (Wildman–Crippen MR) is 83.4 cm³/mol. The summed E-state index contributed by atoms with van der Waals surface area (Å²) in [6.07, 6.45) is 0.142. The number of amides is 2. The van der Waals surface area contributed by atoms with Crippen molar-refractivity contribution in [3.05, 3.63) is 28.7 Å². The molecule has 6 nitrogen and oxygen atoms in total. The highest BCUT2D eigenvalue weighted by Crippen LogP contribution is 2.21. The van der Waals surface area contributed by atoms with Crippen LogP contribution in [-0.4, -0.2) is 59.6 Å². The first-order valence-electron chi connectivity index (χ1n) is 6.81. The molecule has 7 heteroatoms. The van der Waals surface area contributed by atoms with Gasteiger partial charge in [0.15, 0.2) is 0 Å². The summed E-state index contributed by atoms with van der Waals surface area (Å²) in [5, 5.41) is 11.5. The van der Waals surface area contributed by atoms with Crippen LogP contribution in [0, 0.1) is 0 Å². The van der Waals surface area contributed by atoms with Gasteiger partial charge in [0.25, 0.3) is 0 Å². The average molecular weight is 356 g/mol. The molecule has 1 aliphatic rings. The first-order chi connectivity index (χ1) is 10.1. The zero-order valence-corrected chi connectivity index (χ0v) is 13.2. The Balaban J connectivity index is 1.81. The fraction of sp³-hybridized carbons (Fsp3) is 0.429. The van der Waals surface area contributed by atoms with Gasteiger partial charge in [-0.2, -0.15) is 0 Å². The van der Waals surface area contributed by atoms with E-state index in [0.717, 1.165) is 10.2 Å². The summed E-state index contributed by atoms with van der Waals surface area (Å²) in [6, 6.07) is 7.34. The van der Waals surface area contributed by atoms with E-state index in [0.29, 0.717) is 32.7 Å². The van der Waals surface area contributed by atoms with Crippen LogP contribution in [0.5, 0.6) is 0 Å². The van der Waals surface area contributed by atoms with Crippen LogP contribution in [0.25, 0.3) is 0 Å². The number of benzene rings is 1. The molecule has 0 spiro atoms. The zero-order chi connectivity index (χ0) is 15.2. The van der Waals surface area contributed by atoms with Crippen molar-refractivity contribution in [2.45, 2.75) is 6.42 Å². The first kappa shape index (κ1) is 15.8. The maximum absolute atomic E-state index is 12.2. The number of nitrogens with one attached hydrogen (secondary N) is 1. The molecule has 0 radical (unpaired) electrons. The quantitative estimate of drug-likeness (QED) is 0.867. The van der Waals surface area contributed by atoms with E-state index in [1.807, 2.05) is 24.3 Å². The summed E-state index contributed by atoms with van der Waals surface area (Å²) in [7, 11) is 0. The van der Waals surface area contributed by atoms with E-state index >= 15 is 0 Å². The molecule has 0 bridgehead atoms. The second kappa shape index (κ2) is 7.42. The highest BCUT2D eigenvalue weighted by Gasteiger charge is 2.21. The molecule has 0 unspecified atom stereocenters. The lowest BCUT2D eigenvalue weighted by Crippen LogP contribution is -2.50. The molecule has 1 saturated heterocycles. The Morgan fingerprint density at radius 2 is 1.86 bits per heavy atom. The number of hydrogen-bond acceptors (Lipinski definition) is 3. The van der Waals surface area contributed by atoms with Gasteiger partial charge in [-0.3, -0.25) is 9.69 Å². The van der Waals surface area contributed by atoms with E-state index in [-0.39, 0.29) is 12.5 Å². The van der Waals surface area contributed by atoms with Crippen LogP contribution in [0.15, 0.2) is 28.7 Å². The van der Waals surface area contributed by atoms with Gasteiger partial charge >= 0.3 is 12.0 Å². The molecule has 0 atom stereocenters. The second-order valence-corrected chi connectivity index (χ2v) is 5.74. The largest absolute Gasteiger partial charge is 0.481 e. The fourth-order valence-electron chi connectivity index (χ4n) is 2.19. The smallest absolute Gasteiger partial charge is 0.321 e. The Bertz CT molecular complexity index is 516. The van der Waals surface area contributed by atoms with Gasteiger partial charge in [-0.1, -0.05) is 12.1 Å². The molecule has 21 heavy (non-hydrogen) atoms. The van der Waals surface area contributed by atoms with Crippen molar-refractivity contribution >= 4 is 33.6 Å². The van der Waals surface area contributed by atoms with Crippen LogP contribution in [0.2, 0.25) is 0 Å². The van der Waals surface area contributed by atoms with Crippen molar-refractivity contribution in [2.75, 3.05) is 38.0 Å². The van der Waals surface area contributed by atoms with Crippen LogP contribution in [0.1, 0.15) is 6.42 Å². The minimum atomic E-state index is -0.788. The van der Waals surface area contributed by atoms with E-state index in [2.05, 4.69) is 26.1 Å². The molecule has 0 aliphatic carbocycles. The van der Waals surface area contributed by atoms with Crippen LogP contribution in [-0.2, 0) is 4.79 Å². The van der Waals surface area contributed by atoms with Crippen molar-refractivity contribution in [3.63, 3.8) is 0 Å². The lowest BCUT2D eigenvalue weighted by atomic mass is 10.3. The Hall–Kier alpha value is -1.60. The number of anilines is 1. The van der Waals surface area contributed by atoms with Gasteiger partial charge in [0.1, 0.15) is 0 Å². The molecule has 1 aromatic carbocycles. The minimum Gasteiger partial charge on any atom is -0.481 e. The van der Waals surface area contributed by atoms with Crippen LogP contribution >= 0.6 is 15.9 Å². The molecule has 0 saturated carbocycles. The van der Waals surface area contributed by atoms with Crippen molar-refractivity contribution in [1.29, 1.82) is 0 Å². The average Bonchev–Trinajstić information content (AvgIpc) is 2.48. The highest BCUT2D eigenvalue weighted by molar-refractivity contribution is 9.10. The maximum Gasteiger partial charge on any atom is 0.321 e. The molecule has 1 fully saturated rings. The number of aliphatic carboxylic acids is 1. The van der Waals surface area contributed by atoms with Gasteiger partial charge in [-0.05, 0) is 28.1 Å². The molecule has 1 heterocycles. The molecule has 2 amide bonds. The number of rotatable bonds is 4. The number of piperazine rings is 1. The number of urea groups is 1. The Morgan fingerprint density at radius 3 is 2.48 bits per heavy atom. The van der Waals surface area contributed by atoms with Gasteiger partial charge < -0.3 is 15.3 Å². The summed E-state index contributed by atoms with van der Waals surface area (Å²) in [6.45, 7) is 3.16. The number of hydrogen-bond donors (Lipinski definition) is 2. The lowest BCUT2D eigenvalue weighted by Gasteiger charge is -2.34. The van der Waals surface area contributed by atoms with Crippen LogP contribution in [0.3, 0.4) is 0 Å². The standard InChI is InChI=1S/C14H18BrN3O3/c15-11-3-1-2-4-12(11)16-14(21)18-9-7-17(8-10-18)6-5-13(19)20/h1-4H,5-10H2,(H,16,21)(H,19,20). The van der Waals surface area contributed by atoms with Gasteiger partial charge in [0, 0.05) is 37.2 Å². The Kier molecular flexibility index (Phi) is 5.58. The number of carboxylic acids is 1. The number of para-hydroxylation sites is 1. The molecular weight excluding hydrogens is 338 g/mol. The van der Waals surface area contributed by atoms with Gasteiger partial charge in [0.2, 0.25) is 0 Å². The second-order valence-electron chi connectivity index (χ2n) is 4.88. The number of carbonyl (C=O) groups excluding carboxylic acids is 1. The number of nitrogens with zero attached hydrogens (tertiary/aromatic N) is 2. The minimum absolute atomic E-state index is 0.125. The summed E-state index contributed by atoms with van der Waals surface area (Å²) in [5.74, 6) is -0.788. The van der Waals surface area contributed by atoms with Gasteiger partial charge in [0.05, 0.1) is 12.1 Å². The summed E-state index contributed by atoms with van der Waals surface area (Å²) in [4.78, 5) is 26.5. The number of carboxylic acid groups (broad SMARTS) is 1. The van der Waals surface area contributed by atoms with Gasteiger partial charge in [-0.25, -0.2) is 4.79 Å². The SMILES string of the molecule is O=C(O)CCN1CCN(C(=O)Nc2ccccc2Br)CC1. The number of halogens is 1. The van der Waals surface area contributed by atoms with E-state index in [1.54, 1.807) is 4.90 Å². The van der Waals surface area contributed by atoms with E-state index < -0.39 is 5.97 Å². The highest BCUT2D eigenvalue weighted by atomic mass is 79.9. The zero-order valence-electron chi connectivity index (χ0n) is 11.6. The van der Waals surface area contributed by atoms with Crippen LogP contribution < -0.4 is 5.32 Å². The van der Waals surface area contributed by atoms with Crippen molar-refractivity contribution in [1.82, 2.24) is 9.80 Å². The van der Waals surface area contributed by atoms with E-state index in [1.165, 1.54) is 0 Å². The fourth-order valence-corrected chi connectivity index (χ4v) is 2.57. The van der Waals surface area contributed by atoms with Crippen molar-refractivity contribution < 1.29 is 14.7 Å². The summed E-state index contributed by atoms with van der Waals surface area (Å²) >= 11 is 3.40. The molecule has 2 rings (SSSR count). The predicted octanol–water partition coefficient (Wildman–Crippen LogP) is 2.07. The van der Waals surface area contributed by atoms with Crippen LogP contribution in [0.4, 0.5) is 10.5 Å². The Labute approximate surface area is 131 Å². The molecule has 0 aromatic heterocycles. The monoisotopic (exact) mass is 355 g/mol. The summed E-state index contributed by atoms with van der Waals surface area (Å²) < 4.78 is 0.846. The molecular formula is C14H18BrN3O3. The van der Waals surface area contributed by atoms with Gasteiger partial charge in [-0.15, -0.1) is 0 Å². The van der Waals surface area contributed by atoms with Crippen molar-refractivity contribution in [2.24, 2.45) is 0 Å². The third-order valence-electron chi connectivity index (χ3n) is 3.42. The van der Waals surface area contributed by atoms with E-state index in [9.17, 15) is 9.59 Å². The molecule has 114 valence electrons. The summed E-state index contributed by atoms with van der Waals surface area (Å²) in [5.41, 5.74) is 0.746. The van der Waals surface area contributed by atoms with Crippen molar-refractivity contribution in [3.8, 4) is 0 Å². The molecule has 1 aliphatic heterocycles. The molecule has 2 N–H and O–H groups in total. The Morgan fingerprint density at radius 1 is 1.19 bits per heavy atom. The first-order valence-corrected chi connectivity index (χ1v) is 7.60. The maximum atomic E-state index is 12.2. The number of carbonyl (C=O) groups is 2. The lowest BCUT2D eigenvalue weighted by molar-refractivity contribution is -0.137.